The van der Waals surface area contributed by atoms with Crippen LogP contribution in [-0.4, -0.2) is 79.6 Å². The first-order valence-electron chi connectivity index (χ1n) is 9.03. The van der Waals surface area contributed by atoms with E-state index in [1.807, 2.05) is 25.7 Å². The van der Waals surface area contributed by atoms with E-state index in [0.717, 1.165) is 32.7 Å². The van der Waals surface area contributed by atoms with Gasteiger partial charge in [0, 0.05) is 38.8 Å². The Bertz CT molecular complexity index is 403. The first kappa shape index (κ1) is 20.9. The summed E-state index contributed by atoms with van der Waals surface area (Å²) >= 11 is 0. The van der Waals surface area contributed by atoms with Crippen LogP contribution in [0.5, 0.6) is 0 Å². The van der Waals surface area contributed by atoms with Crippen LogP contribution in [0.15, 0.2) is 0 Å². The van der Waals surface area contributed by atoms with Crippen molar-refractivity contribution in [1.82, 2.24) is 15.1 Å². The third-order valence-electron chi connectivity index (χ3n) is 4.59. The molecule has 1 rings (SSSR count). The molecule has 0 aromatic rings. The summed E-state index contributed by atoms with van der Waals surface area (Å²) in [6, 6.07) is -0.228. The molecule has 1 unspecified atom stereocenters. The van der Waals surface area contributed by atoms with Crippen LogP contribution < -0.4 is 11.1 Å². The van der Waals surface area contributed by atoms with Crippen LogP contribution in [0.1, 0.15) is 34.1 Å². The van der Waals surface area contributed by atoms with E-state index in [4.69, 9.17) is 10.5 Å². The molecule has 0 saturated carbocycles. The zero-order chi connectivity index (χ0) is 18.1. The summed E-state index contributed by atoms with van der Waals surface area (Å²) < 4.78 is 5.43. The number of piperazine rings is 1. The van der Waals surface area contributed by atoms with Gasteiger partial charge in [-0.05, 0) is 19.3 Å². The third kappa shape index (κ3) is 6.37. The van der Waals surface area contributed by atoms with Gasteiger partial charge in [0.05, 0.1) is 19.2 Å². The van der Waals surface area contributed by atoms with Crippen LogP contribution in [0, 0.1) is 5.92 Å². The largest absolute Gasteiger partial charge is 0.380 e. The van der Waals surface area contributed by atoms with Gasteiger partial charge in [0.25, 0.3) is 0 Å². The average Bonchev–Trinajstić information content (AvgIpc) is 2.58. The lowest BCUT2D eigenvalue weighted by Gasteiger charge is -2.41. The number of hydrogen-bond donors (Lipinski definition) is 2. The Morgan fingerprint density at radius 1 is 1.29 bits per heavy atom. The summed E-state index contributed by atoms with van der Waals surface area (Å²) in [6.45, 7) is 12.5. The maximum absolute atomic E-state index is 12.4. The molecule has 3 N–H and O–H groups in total. The molecule has 7 heteroatoms. The van der Waals surface area contributed by atoms with Crippen molar-refractivity contribution in [1.29, 1.82) is 0 Å². The van der Waals surface area contributed by atoms with E-state index in [0.29, 0.717) is 19.1 Å². The molecule has 0 bridgehead atoms. The molecule has 1 aliphatic rings. The number of nitrogens with zero attached hydrogens (tertiary/aromatic N) is 2. The molecule has 0 aromatic heterocycles. The van der Waals surface area contributed by atoms with Crippen molar-refractivity contribution in [2.75, 3.05) is 45.9 Å². The molecule has 140 valence electrons. The number of rotatable bonds is 9. The maximum atomic E-state index is 12.4. The van der Waals surface area contributed by atoms with Gasteiger partial charge in [0.2, 0.25) is 11.8 Å². The number of nitrogens with two attached hydrogens (primary N) is 1. The highest BCUT2D eigenvalue weighted by Crippen LogP contribution is 2.12. The summed E-state index contributed by atoms with van der Waals surface area (Å²) in [5.74, 6) is -0.249. The van der Waals surface area contributed by atoms with E-state index in [-0.39, 0.29) is 24.3 Å². The number of carbonyl (C=O) groups excluding carboxylic acids is 2. The fourth-order valence-corrected chi connectivity index (χ4v) is 2.82. The molecule has 2 amide bonds. The lowest BCUT2D eigenvalue weighted by molar-refractivity contribution is -0.136. The number of hydrogen-bond acceptors (Lipinski definition) is 5. The van der Waals surface area contributed by atoms with Crippen LogP contribution >= 0.6 is 0 Å². The van der Waals surface area contributed by atoms with E-state index in [2.05, 4.69) is 17.1 Å². The molecule has 0 aromatic carbocycles. The monoisotopic (exact) mass is 342 g/mol. The van der Waals surface area contributed by atoms with E-state index >= 15 is 0 Å². The fraction of sp³-hybridized carbons (Fsp3) is 0.882. The Balaban J connectivity index is 2.42. The molecular formula is C17H34N4O3. The van der Waals surface area contributed by atoms with E-state index in [1.54, 1.807) is 0 Å². The first-order valence-corrected chi connectivity index (χ1v) is 9.03. The molecule has 2 atom stereocenters. The van der Waals surface area contributed by atoms with Crippen molar-refractivity contribution in [2.24, 2.45) is 11.7 Å². The summed E-state index contributed by atoms with van der Waals surface area (Å²) in [5, 5.41) is 2.66. The zero-order valence-corrected chi connectivity index (χ0v) is 15.6. The number of nitrogens with one attached hydrogen (secondary N) is 1. The minimum absolute atomic E-state index is 0.0225. The smallest absolute Gasteiger partial charge is 0.242 e. The van der Waals surface area contributed by atoms with Gasteiger partial charge in [0.1, 0.15) is 0 Å². The molecule has 1 fully saturated rings. The molecule has 1 heterocycles. The quantitative estimate of drug-likeness (QED) is 0.578. The van der Waals surface area contributed by atoms with Gasteiger partial charge in [-0.25, -0.2) is 0 Å². The zero-order valence-electron chi connectivity index (χ0n) is 15.6. The van der Waals surface area contributed by atoms with Gasteiger partial charge in [-0.2, -0.15) is 0 Å². The van der Waals surface area contributed by atoms with Gasteiger partial charge < -0.3 is 20.7 Å². The van der Waals surface area contributed by atoms with Crippen molar-refractivity contribution in [3.05, 3.63) is 0 Å². The average molecular weight is 342 g/mol. The van der Waals surface area contributed by atoms with Crippen molar-refractivity contribution >= 4 is 11.8 Å². The number of ether oxygens (including phenoxy) is 1. The Labute approximate surface area is 145 Å². The lowest BCUT2D eigenvalue weighted by atomic mass is 10.1. The second-order valence-electron chi connectivity index (χ2n) is 6.62. The molecule has 0 spiro atoms. The molecule has 7 nitrogen and oxygen atoms in total. The fourth-order valence-electron chi connectivity index (χ4n) is 2.82. The van der Waals surface area contributed by atoms with E-state index in [1.165, 1.54) is 0 Å². The second-order valence-corrected chi connectivity index (χ2v) is 6.62. The lowest BCUT2D eigenvalue weighted by Crippen LogP contribution is -2.57. The van der Waals surface area contributed by atoms with Crippen molar-refractivity contribution in [2.45, 2.75) is 46.2 Å². The molecule has 1 saturated heterocycles. The third-order valence-corrected chi connectivity index (χ3v) is 4.59. The second kappa shape index (κ2) is 10.6. The van der Waals surface area contributed by atoms with Crippen LogP contribution in [0.2, 0.25) is 0 Å². The standard InChI is InChI=1S/C17H34N4O3/c1-5-14-12-21(8-7-20(14)9-10-24-6-2)15(22)11-19-17(23)16(18)13(3)4/h13-14,16H,5-12,18H2,1-4H3,(H,19,23)/t14?,16-/m0/s1. The Hall–Kier alpha value is -1.18. The topological polar surface area (TPSA) is 87.9 Å². The van der Waals surface area contributed by atoms with Crippen molar-refractivity contribution in [3.63, 3.8) is 0 Å². The molecule has 0 radical (unpaired) electrons. The highest BCUT2D eigenvalue weighted by atomic mass is 16.5. The van der Waals surface area contributed by atoms with Crippen LogP contribution in [-0.2, 0) is 14.3 Å². The van der Waals surface area contributed by atoms with E-state index < -0.39 is 6.04 Å². The number of amides is 2. The summed E-state index contributed by atoms with van der Waals surface area (Å²) in [5.41, 5.74) is 5.79. The minimum Gasteiger partial charge on any atom is -0.380 e. The highest BCUT2D eigenvalue weighted by Gasteiger charge is 2.28. The van der Waals surface area contributed by atoms with Gasteiger partial charge in [-0.3, -0.25) is 14.5 Å². The Morgan fingerprint density at radius 2 is 2.00 bits per heavy atom. The minimum atomic E-state index is -0.573. The van der Waals surface area contributed by atoms with Crippen LogP contribution in [0.3, 0.4) is 0 Å². The van der Waals surface area contributed by atoms with Crippen molar-refractivity contribution < 1.29 is 14.3 Å². The Kier molecular flexibility index (Phi) is 9.25. The van der Waals surface area contributed by atoms with E-state index in [9.17, 15) is 9.59 Å². The summed E-state index contributed by atoms with van der Waals surface area (Å²) in [4.78, 5) is 28.4. The van der Waals surface area contributed by atoms with Crippen molar-refractivity contribution in [3.8, 4) is 0 Å². The van der Waals surface area contributed by atoms with Gasteiger partial charge in [-0.1, -0.05) is 20.8 Å². The summed E-state index contributed by atoms with van der Waals surface area (Å²) in [7, 11) is 0. The SMILES string of the molecule is CCOCCN1CCN(C(=O)CNC(=O)[C@@H](N)C(C)C)CC1CC. The van der Waals surface area contributed by atoms with Gasteiger partial charge in [-0.15, -0.1) is 0 Å². The molecular weight excluding hydrogens is 308 g/mol. The van der Waals surface area contributed by atoms with Gasteiger partial charge >= 0.3 is 0 Å². The molecule has 1 aliphatic heterocycles. The summed E-state index contributed by atoms with van der Waals surface area (Å²) in [6.07, 6.45) is 0.987. The predicted molar refractivity (Wildman–Crippen MR) is 94.5 cm³/mol. The Morgan fingerprint density at radius 3 is 2.58 bits per heavy atom. The molecule has 0 aliphatic carbocycles. The first-order chi connectivity index (χ1) is 11.4. The normalized spacial score (nSPS) is 20.2. The highest BCUT2D eigenvalue weighted by molar-refractivity contribution is 5.87. The predicted octanol–water partition coefficient (Wildman–Crippen LogP) is 0.0452. The maximum Gasteiger partial charge on any atom is 0.242 e. The van der Waals surface area contributed by atoms with Crippen LogP contribution in [0.4, 0.5) is 0 Å². The van der Waals surface area contributed by atoms with Gasteiger partial charge in [0.15, 0.2) is 0 Å². The van der Waals surface area contributed by atoms with Crippen LogP contribution in [0.25, 0.3) is 0 Å². The molecule has 24 heavy (non-hydrogen) atoms. The number of carbonyl (C=O) groups is 2.